The Morgan fingerprint density at radius 2 is 1.12 bits per heavy atom. The van der Waals surface area contributed by atoms with Gasteiger partial charge in [-0.1, -0.05) is 6.42 Å². The Labute approximate surface area is 195 Å². The maximum absolute atomic E-state index is 14.2. The van der Waals surface area contributed by atoms with Gasteiger partial charge in [0.15, 0.2) is 0 Å². The van der Waals surface area contributed by atoms with Crippen molar-refractivity contribution in [3.63, 3.8) is 0 Å². The van der Waals surface area contributed by atoms with Crippen LogP contribution in [-0.4, -0.2) is 23.6 Å². The molecule has 10 heteroatoms. The molecule has 180 valence electrons. The summed E-state index contributed by atoms with van der Waals surface area (Å²) in [7, 11) is 0. The van der Waals surface area contributed by atoms with Crippen molar-refractivity contribution >= 4 is 46.4 Å². The van der Waals surface area contributed by atoms with E-state index in [0.717, 1.165) is 12.1 Å². The second-order valence-electron chi connectivity index (χ2n) is 8.29. The highest BCUT2D eigenvalue weighted by molar-refractivity contribution is 5.97. The molecule has 2 aromatic rings. The molecular weight excluding hydrogens is 446 g/mol. The van der Waals surface area contributed by atoms with Crippen LogP contribution in [0.4, 0.5) is 31.5 Å². The predicted octanol–water partition coefficient (Wildman–Crippen LogP) is 4.27. The second kappa shape index (κ2) is 10.9. The van der Waals surface area contributed by atoms with Crippen molar-refractivity contribution in [1.82, 2.24) is 0 Å². The van der Waals surface area contributed by atoms with Crippen LogP contribution in [-0.2, 0) is 19.2 Å². The van der Waals surface area contributed by atoms with E-state index in [9.17, 15) is 28.0 Å². The van der Waals surface area contributed by atoms with Crippen molar-refractivity contribution in [2.24, 2.45) is 11.8 Å². The van der Waals surface area contributed by atoms with Gasteiger partial charge in [-0.05, 0) is 55.7 Å². The lowest BCUT2D eigenvalue weighted by Gasteiger charge is -2.27. The summed E-state index contributed by atoms with van der Waals surface area (Å²) >= 11 is 0. The van der Waals surface area contributed by atoms with Crippen LogP contribution in [0.15, 0.2) is 36.4 Å². The summed E-state index contributed by atoms with van der Waals surface area (Å²) in [6, 6.07) is 7.70. The largest absolute Gasteiger partial charge is 0.326 e. The van der Waals surface area contributed by atoms with Crippen LogP contribution in [0.2, 0.25) is 0 Å². The summed E-state index contributed by atoms with van der Waals surface area (Å²) in [5.41, 5.74) is 0.543. The molecule has 0 radical (unpaired) electrons. The Morgan fingerprint density at radius 1 is 0.706 bits per heavy atom. The van der Waals surface area contributed by atoms with Gasteiger partial charge in [0.1, 0.15) is 11.6 Å². The van der Waals surface area contributed by atoms with Gasteiger partial charge in [-0.2, -0.15) is 0 Å². The zero-order valence-electron chi connectivity index (χ0n) is 18.8. The number of hydrogen-bond donors (Lipinski definition) is 4. The van der Waals surface area contributed by atoms with E-state index in [-0.39, 0.29) is 29.6 Å². The van der Waals surface area contributed by atoms with Crippen LogP contribution >= 0.6 is 0 Å². The molecule has 2 atom stereocenters. The van der Waals surface area contributed by atoms with Crippen molar-refractivity contribution in [2.45, 2.75) is 39.5 Å². The number of hydrogen-bond acceptors (Lipinski definition) is 4. The zero-order valence-corrected chi connectivity index (χ0v) is 18.8. The Balaban J connectivity index is 1.65. The lowest BCUT2D eigenvalue weighted by atomic mass is 9.80. The van der Waals surface area contributed by atoms with Crippen LogP contribution in [0.25, 0.3) is 0 Å². The first-order chi connectivity index (χ1) is 16.1. The van der Waals surface area contributed by atoms with Crippen molar-refractivity contribution < 1.29 is 28.0 Å². The number of amides is 4. The molecule has 0 aliphatic heterocycles. The summed E-state index contributed by atoms with van der Waals surface area (Å²) in [6.07, 6.45) is 1.86. The van der Waals surface area contributed by atoms with Crippen LogP contribution in [0.1, 0.15) is 39.5 Å². The third-order valence-electron chi connectivity index (χ3n) is 5.50. The standard InChI is InChI=1S/C24H26F2N4O4/c1-13(31)27-17-6-8-19(25)21(11-17)29-23(33)15-4-3-5-16(10-15)24(34)30-22-12-18(28-14(2)32)7-9-20(22)26/h6-9,11-12,15-16H,3-5,10H2,1-2H3,(H,27,31)(H,28,32)(H,29,33)(H,30,34). The molecule has 0 aromatic heterocycles. The highest BCUT2D eigenvalue weighted by Crippen LogP contribution is 2.32. The molecule has 8 nitrogen and oxygen atoms in total. The smallest absolute Gasteiger partial charge is 0.227 e. The highest BCUT2D eigenvalue weighted by Gasteiger charge is 2.32. The first-order valence-corrected chi connectivity index (χ1v) is 10.9. The topological polar surface area (TPSA) is 116 Å². The van der Waals surface area contributed by atoms with Crippen LogP contribution in [0.5, 0.6) is 0 Å². The third kappa shape index (κ3) is 6.60. The van der Waals surface area contributed by atoms with E-state index in [4.69, 9.17) is 0 Å². The Kier molecular flexibility index (Phi) is 7.93. The fourth-order valence-electron chi connectivity index (χ4n) is 3.94. The Morgan fingerprint density at radius 3 is 1.50 bits per heavy atom. The van der Waals surface area contributed by atoms with Crippen molar-refractivity contribution in [2.75, 3.05) is 21.3 Å². The highest BCUT2D eigenvalue weighted by atomic mass is 19.1. The van der Waals surface area contributed by atoms with E-state index < -0.39 is 35.3 Å². The lowest BCUT2D eigenvalue weighted by molar-refractivity contribution is -0.125. The van der Waals surface area contributed by atoms with Crippen molar-refractivity contribution in [1.29, 1.82) is 0 Å². The summed E-state index contributed by atoms with van der Waals surface area (Å²) in [5.74, 6) is -3.91. The van der Waals surface area contributed by atoms with Gasteiger partial charge in [0.25, 0.3) is 0 Å². The minimum Gasteiger partial charge on any atom is -0.326 e. The second-order valence-corrected chi connectivity index (χ2v) is 8.29. The van der Waals surface area contributed by atoms with Gasteiger partial charge in [0.05, 0.1) is 11.4 Å². The van der Waals surface area contributed by atoms with Gasteiger partial charge in [-0.25, -0.2) is 8.78 Å². The predicted molar refractivity (Wildman–Crippen MR) is 124 cm³/mol. The molecule has 0 spiro atoms. The summed E-state index contributed by atoms with van der Waals surface area (Å²) in [4.78, 5) is 48.0. The zero-order chi connectivity index (χ0) is 24.8. The van der Waals surface area contributed by atoms with Gasteiger partial charge in [-0.15, -0.1) is 0 Å². The Hall–Kier alpha value is -3.82. The minimum atomic E-state index is -0.651. The minimum absolute atomic E-state index is 0.0697. The normalized spacial score (nSPS) is 17.4. The molecule has 1 aliphatic rings. The van der Waals surface area contributed by atoms with Gasteiger partial charge in [-0.3, -0.25) is 19.2 Å². The number of carbonyl (C=O) groups excluding carboxylic acids is 4. The van der Waals surface area contributed by atoms with Crippen molar-refractivity contribution in [3.05, 3.63) is 48.0 Å². The molecule has 34 heavy (non-hydrogen) atoms. The summed E-state index contributed by atoms with van der Waals surface area (Å²) < 4.78 is 28.4. The average molecular weight is 472 g/mol. The molecular formula is C24H26F2N4O4. The molecule has 0 saturated heterocycles. The fraction of sp³-hybridized carbons (Fsp3) is 0.333. The number of carbonyl (C=O) groups is 4. The third-order valence-corrected chi connectivity index (χ3v) is 5.50. The van der Waals surface area contributed by atoms with Crippen molar-refractivity contribution in [3.8, 4) is 0 Å². The maximum atomic E-state index is 14.2. The average Bonchev–Trinajstić information content (AvgIpc) is 2.77. The monoisotopic (exact) mass is 472 g/mol. The first-order valence-electron chi connectivity index (χ1n) is 10.9. The first kappa shape index (κ1) is 24.8. The molecule has 1 saturated carbocycles. The molecule has 4 N–H and O–H groups in total. The van der Waals surface area contributed by atoms with Crippen LogP contribution < -0.4 is 21.3 Å². The van der Waals surface area contributed by atoms with Crippen LogP contribution in [0, 0.1) is 23.5 Å². The molecule has 2 aromatic carbocycles. The number of rotatable bonds is 6. The van der Waals surface area contributed by atoms with E-state index in [2.05, 4.69) is 21.3 Å². The van der Waals surface area contributed by atoms with Gasteiger partial charge < -0.3 is 21.3 Å². The number of benzene rings is 2. The maximum Gasteiger partial charge on any atom is 0.227 e. The number of anilines is 4. The quantitative estimate of drug-likeness (QED) is 0.503. The molecule has 1 fully saturated rings. The molecule has 2 unspecified atom stereocenters. The van der Waals surface area contributed by atoms with Gasteiger partial charge >= 0.3 is 0 Å². The van der Waals surface area contributed by atoms with Gasteiger partial charge in [0.2, 0.25) is 23.6 Å². The van der Waals surface area contributed by atoms with E-state index in [1.165, 1.54) is 38.1 Å². The lowest BCUT2D eigenvalue weighted by Crippen LogP contribution is -2.33. The molecule has 3 rings (SSSR count). The fourth-order valence-corrected chi connectivity index (χ4v) is 3.94. The van der Waals surface area contributed by atoms with E-state index >= 15 is 0 Å². The molecule has 0 heterocycles. The van der Waals surface area contributed by atoms with E-state index in [1.54, 1.807) is 0 Å². The summed E-state index contributed by atoms with van der Waals surface area (Å²) in [5, 5.41) is 10.1. The molecule has 1 aliphatic carbocycles. The number of halogens is 2. The summed E-state index contributed by atoms with van der Waals surface area (Å²) in [6.45, 7) is 2.63. The number of nitrogens with one attached hydrogen (secondary N) is 4. The van der Waals surface area contributed by atoms with E-state index in [0.29, 0.717) is 30.6 Å². The van der Waals surface area contributed by atoms with E-state index in [1.807, 2.05) is 0 Å². The van der Waals surface area contributed by atoms with Crippen LogP contribution in [0.3, 0.4) is 0 Å². The molecule has 4 amide bonds. The Bertz CT molecular complexity index is 1040. The SMILES string of the molecule is CC(=O)Nc1ccc(F)c(NC(=O)C2CCCC(C(=O)Nc3cc(NC(C)=O)ccc3F)C2)c1. The molecule has 0 bridgehead atoms. The van der Waals surface area contributed by atoms with Gasteiger partial charge in [0, 0.05) is 37.1 Å².